The van der Waals surface area contributed by atoms with Gasteiger partial charge < -0.3 is 10.1 Å². The predicted octanol–water partition coefficient (Wildman–Crippen LogP) is 2.74. The van der Waals surface area contributed by atoms with Gasteiger partial charge in [0.2, 0.25) is 0 Å². The van der Waals surface area contributed by atoms with Crippen molar-refractivity contribution in [3.8, 4) is 11.3 Å². The Balaban J connectivity index is 2.24. The molecule has 0 saturated carbocycles. The van der Waals surface area contributed by atoms with Crippen molar-refractivity contribution in [2.45, 2.75) is 27.3 Å². The molecule has 0 aliphatic carbocycles. The van der Waals surface area contributed by atoms with Crippen LogP contribution in [0.3, 0.4) is 0 Å². The average Bonchev–Trinajstić information content (AvgIpc) is 2.82. The lowest BCUT2D eigenvalue weighted by molar-refractivity contribution is 0.199. The standard InChI is InChI=1S/C16H23N3O/c1-11-7-12(2)15(13(3)8-11)16-14(10-18-19-16)9-17-5-6-20-4/h7-8,10,17H,5-6,9H2,1-4H3,(H,18,19). The van der Waals surface area contributed by atoms with Gasteiger partial charge in [-0.3, -0.25) is 5.10 Å². The van der Waals surface area contributed by atoms with Gasteiger partial charge in [0.1, 0.15) is 0 Å². The molecule has 1 aromatic heterocycles. The molecule has 108 valence electrons. The number of nitrogens with one attached hydrogen (secondary N) is 2. The Morgan fingerprint density at radius 2 is 1.90 bits per heavy atom. The first-order valence-corrected chi connectivity index (χ1v) is 6.93. The predicted molar refractivity (Wildman–Crippen MR) is 81.8 cm³/mol. The molecule has 0 fully saturated rings. The Bertz CT molecular complexity index is 552. The summed E-state index contributed by atoms with van der Waals surface area (Å²) in [5, 5.41) is 10.7. The molecule has 0 radical (unpaired) electrons. The Morgan fingerprint density at radius 3 is 2.55 bits per heavy atom. The van der Waals surface area contributed by atoms with Gasteiger partial charge in [0, 0.05) is 31.3 Å². The molecule has 0 spiro atoms. The van der Waals surface area contributed by atoms with Crippen molar-refractivity contribution in [3.05, 3.63) is 40.6 Å². The van der Waals surface area contributed by atoms with Crippen LogP contribution in [0.25, 0.3) is 11.3 Å². The number of aromatic nitrogens is 2. The van der Waals surface area contributed by atoms with E-state index < -0.39 is 0 Å². The largest absolute Gasteiger partial charge is 0.383 e. The van der Waals surface area contributed by atoms with Gasteiger partial charge in [-0.05, 0) is 31.9 Å². The molecule has 0 unspecified atom stereocenters. The maximum absolute atomic E-state index is 5.04. The van der Waals surface area contributed by atoms with E-state index in [0.29, 0.717) is 0 Å². The molecule has 0 atom stereocenters. The van der Waals surface area contributed by atoms with Gasteiger partial charge in [-0.2, -0.15) is 5.10 Å². The third kappa shape index (κ3) is 3.26. The van der Waals surface area contributed by atoms with E-state index in [1.54, 1.807) is 7.11 Å². The van der Waals surface area contributed by atoms with Crippen LogP contribution in [-0.4, -0.2) is 30.5 Å². The van der Waals surface area contributed by atoms with E-state index in [4.69, 9.17) is 4.74 Å². The van der Waals surface area contributed by atoms with Crippen LogP contribution >= 0.6 is 0 Å². The van der Waals surface area contributed by atoms with Crippen LogP contribution in [0.15, 0.2) is 18.3 Å². The van der Waals surface area contributed by atoms with Gasteiger partial charge in [-0.25, -0.2) is 0 Å². The maximum Gasteiger partial charge on any atom is 0.0700 e. The minimum Gasteiger partial charge on any atom is -0.383 e. The van der Waals surface area contributed by atoms with Crippen molar-refractivity contribution < 1.29 is 4.74 Å². The van der Waals surface area contributed by atoms with Gasteiger partial charge in [-0.1, -0.05) is 17.7 Å². The summed E-state index contributed by atoms with van der Waals surface area (Å²) in [7, 11) is 1.71. The van der Waals surface area contributed by atoms with Crippen molar-refractivity contribution >= 4 is 0 Å². The van der Waals surface area contributed by atoms with Crippen molar-refractivity contribution in [1.29, 1.82) is 0 Å². The Kier molecular flexibility index (Phi) is 4.93. The fourth-order valence-corrected chi connectivity index (χ4v) is 2.63. The minimum absolute atomic E-state index is 0.718. The quantitative estimate of drug-likeness (QED) is 0.796. The summed E-state index contributed by atoms with van der Waals surface area (Å²) in [6.45, 7) is 8.78. The van der Waals surface area contributed by atoms with Gasteiger partial charge >= 0.3 is 0 Å². The fourth-order valence-electron chi connectivity index (χ4n) is 2.63. The number of rotatable bonds is 6. The summed E-state index contributed by atoms with van der Waals surface area (Å²) in [6, 6.07) is 4.43. The van der Waals surface area contributed by atoms with Gasteiger partial charge in [-0.15, -0.1) is 0 Å². The first-order chi connectivity index (χ1) is 9.63. The molecule has 2 rings (SSSR count). The molecule has 1 heterocycles. The molecule has 0 amide bonds. The minimum atomic E-state index is 0.718. The molecular weight excluding hydrogens is 250 g/mol. The molecule has 4 heteroatoms. The van der Waals surface area contributed by atoms with Crippen LogP contribution in [0.1, 0.15) is 22.3 Å². The number of methoxy groups -OCH3 is 1. The van der Waals surface area contributed by atoms with Crippen LogP contribution in [-0.2, 0) is 11.3 Å². The summed E-state index contributed by atoms with van der Waals surface area (Å²) in [5.41, 5.74) is 7.43. The van der Waals surface area contributed by atoms with Crippen molar-refractivity contribution in [2.75, 3.05) is 20.3 Å². The summed E-state index contributed by atoms with van der Waals surface area (Å²) in [6.07, 6.45) is 1.90. The zero-order chi connectivity index (χ0) is 14.5. The number of H-pyrrole nitrogens is 1. The molecular formula is C16H23N3O. The number of benzene rings is 1. The monoisotopic (exact) mass is 273 g/mol. The van der Waals surface area contributed by atoms with Crippen LogP contribution in [0, 0.1) is 20.8 Å². The molecule has 0 bridgehead atoms. The topological polar surface area (TPSA) is 49.9 Å². The van der Waals surface area contributed by atoms with E-state index in [-0.39, 0.29) is 0 Å². The smallest absolute Gasteiger partial charge is 0.0700 e. The number of aryl methyl sites for hydroxylation is 3. The summed E-state index contributed by atoms with van der Waals surface area (Å²) in [5.74, 6) is 0. The Hall–Kier alpha value is -1.65. The molecule has 0 aliphatic rings. The molecule has 1 aromatic carbocycles. The fraction of sp³-hybridized carbons (Fsp3) is 0.438. The number of aromatic amines is 1. The zero-order valence-corrected chi connectivity index (χ0v) is 12.7. The molecule has 0 aliphatic heterocycles. The number of hydrogen-bond acceptors (Lipinski definition) is 3. The molecule has 4 nitrogen and oxygen atoms in total. The maximum atomic E-state index is 5.04. The van der Waals surface area contributed by atoms with Crippen molar-refractivity contribution in [1.82, 2.24) is 15.5 Å². The average molecular weight is 273 g/mol. The molecule has 2 aromatic rings. The summed E-state index contributed by atoms with van der Waals surface area (Å²) < 4.78 is 5.04. The Labute approximate surface area is 120 Å². The van der Waals surface area contributed by atoms with E-state index in [0.717, 1.165) is 25.4 Å². The number of hydrogen-bond donors (Lipinski definition) is 2. The van der Waals surface area contributed by atoms with Crippen molar-refractivity contribution in [3.63, 3.8) is 0 Å². The second-order valence-electron chi connectivity index (χ2n) is 5.21. The summed E-state index contributed by atoms with van der Waals surface area (Å²) in [4.78, 5) is 0. The SMILES string of the molecule is COCCNCc1cn[nH]c1-c1c(C)cc(C)cc1C. The lowest BCUT2D eigenvalue weighted by Crippen LogP contribution is -2.18. The van der Waals surface area contributed by atoms with Crippen LogP contribution in [0.5, 0.6) is 0 Å². The van der Waals surface area contributed by atoms with Gasteiger partial charge in [0.15, 0.2) is 0 Å². The first kappa shape index (κ1) is 14.8. The molecule has 2 N–H and O–H groups in total. The molecule has 0 saturated heterocycles. The second-order valence-corrected chi connectivity index (χ2v) is 5.21. The van der Waals surface area contributed by atoms with Crippen LogP contribution in [0.4, 0.5) is 0 Å². The normalized spacial score (nSPS) is 11.0. The van der Waals surface area contributed by atoms with Gasteiger partial charge in [0.25, 0.3) is 0 Å². The van der Waals surface area contributed by atoms with E-state index >= 15 is 0 Å². The summed E-state index contributed by atoms with van der Waals surface area (Å²) >= 11 is 0. The Morgan fingerprint density at radius 1 is 1.20 bits per heavy atom. The van der Waals surface area contributed by atoms with Crippen LogP contribution in [0.2, 0.25) is 0 Å². The third-order valence-corrected chi connectivity index (χ3v) is 3.44. The van der Waals surface area contributed by atoms with Crippen molar-refractivity contribution in [2.24, 2.45) is 0 Å². The van der Waals surface area contributed by atoms with Gasteiger partial charge in [0.05, 0.1) is 18.5 Å². The highest BCUT2D eigenvalue weighted by molar-refractivity contribution is 5.70. The number of nitrogens with zero attached hydrogens (tertiary/aromatic N) is 1. The van der Waals surface area contributed by atoms with E-state index in [1.165, 1.54) is 27.8 Å². The van der Waals surface area contributed by atoms with E-state index in [2.05, 4.69) is 48.4 Å². The first-order valence-electron chi connectivity index (χ1n) is 6.93. The lowest BCUT2D eigenvalue weighted by Gasteiger charge is -2.12. The third-order valence-electron chi connectivity index (χ3n) is 3.44. The van der Waals surface area contributed by atoms with Crippen LogP contribution < -0.4 is 5.32 Å². The lowest BCUT2D eigenvalue weighted by atomic mass is 9.95. The zero-order valence-electron chi connectivity index (χ0n) is 12.7. The highest BCUT2D eigenvalue weighted by atomic mass is 16.5. The highest BCUT2D eigenvalue weighted by Crippen LogP contribution is 2.29. The highest BCUT2D eigenvalue weighted by Gasteiger charge is 2.12. The van der Waals surface area contributed by atoms with E-state index in [9.17, 15) is 0 Å². The van der Waals surface area contributed by atoms with E-state index in [1.807, 2.05) is 6.20 Å². The number of ether oxygens (including phenoxy) is 1. The molecule has 20 heavy (non-hydrogen) atoms. The second kappa shape index (κ2) is 6.68.